The number of hydrogen-bond acceptors (Lipinski definition) is 3. The van der Waals surface area contributed by atoms with Crippen LogP contribution in [0.1, 0.15) is 25.1 Å². The van der Waals surface area contributed by atoms with Gasteiger partial charge in [-0.1, -0.05) is 18.2 Å². The minimum absolute atomic E-state index is 0.545. The average molecular weight is 430 g/mol. The zero-order valence-corrected chi connectivity index (χ0v) is 17.2. The first-order valence-corrected chi connectivity index (χ1v) is 9.85. The average Bonchev–Trinajstić information content (AvgIpc) is 3.07. The van der Waals surface area contributed by atoms with Gasteiger partial charge in [0.1, 0.15) is 11.4 Å². The molecular weight excluding hydrogens is 406 g/mol. The molecule has 1 aromatic carbocycles. The third kappa shape index (κ3) is 5.23. The number of ether oxygens (including phenoxy) is 1. The maximum absolute atomic E-state index is 5.68. The fourth-order valence-electron chi connectivity index (χ4n) is 2.71. The number of fused-ring (bicyclic) bond motifs is 1. The molecule has 142 valence electrons. The van der Waals surface area contributed by atoms with Crippen LogP contribution < -0.4 is 15.4 Å². The molecule has 0 spiro atoms. The Bertz CT molecular complexity index is 922. The second-order valence-corrected chi connectivity index (χ2v) is 6.85. The van der Waals surface area contributed by atoms with Crippen LogP contribution in [0.25, 0.3) is 5.65 Å². The molecule has 0 saturated carbocycles. The van der Waals surface area contributed by atoms with E-state index in [1.54, 1.807) is 0 Å². The first kappa shape index (κ1) is 19.2. The molecule has 3 aromatic rings. The summed E-state index contributed by atoms with van der Waals surface area (Å²) < 4.78 is 8.70. The summed E-state index contributed by atoms with van der Waals surface area (Å²) in [7, 11) is 0. The number of pyridine rings is 1. The van der Waals surface area contributed by atoms with E-state index in [0.717, 1.165) is 39.6 Å². The summed E-state index contributed by atoms with van der Waals surface area (Å²) in [6.07, 6.45) is 4.01. The Labute approximate surface area is 167 Å². The zero-order chi connectivity index (χ0) is 19.1. The lowest BCUT2D eigenvalue weighted by molar-refractivity contribution is 0.336. The second kappa shape index (κ2) is 9.41. The highest BCUT2D eigenvalue weighted by atomic mass is 79.9. The summed E-state index contributed by atoms with van der Waals surface area (Å²) in [6.45, 7) is 6.61. The number of imidazole rings is 1. The normalized spacial score (nSPS) is 11.6. The van der Waals surface area contributed by atoms with E-state index in [1.165, 1.54) is 0 Å². The Hall–Kier alpha value is -2.54. The number of nitrogens with one attached hydrogen (secondary N) is 2. The van der Waals surface area contributed by atoms with Crippen molar-refractivity contribution in [2.75, 3.05) is 13.2 Å². The van der Waals surface area contributed by atoms with Crippen molar-refractivity contribution in [3.63, 3.8) is 0 Å². The van der Waals surface area contributed by atoms with E-state index in [-0.39, 0.29) is 0 Å². The Morgan fingerprint density at radius 2 is 2.00 bits per heavy atom. The van der Waals surface area contributed by atoms with Gasteiger partial charge in [-0.2, -0.15) is 0 Å². The molecule has 0 aliphatic rings. The van der Waals surface area contributed by atoms with E-state index in [2.05, 4.69) is 36.5 Å². The molecule has 2 heterocycles. The summed E-state index contributed by atoms with van der Waals surface area (Å²) in [6, 6.07) is 12.0. The highest BCUT2D eigenvalue weighted by molar-refractivity contribution is 9.10. The molecule has 0 saturated heterocycles. The predicted molar refractivity (Wildman–Crippen MR) is 112 cm³/mol. The SMILES string of the molecule is CCNC(=NCc1ccccc1OCC)NCc1cn2cc(Br)ccc2n1. The fraction of sp³-hybridized carbons (Fsp3) is 0.300. The summed E-state index contributed by atoms with van der Waals surface area (Å²) in [4.78, 5) is 9.30. The Kier molecular flexibility index (Phi) is 6.70. The minimum Gasteiger partial charge on any atom is -0.494 e. The minimum atomic E-state index is 0.545. The molecule has 0 fully saturated rings. The highest BCUT2D eigenvalue weighted by Crippen LogP contribution is 2.18. The van der Waals surface area contributed by atoms with Gasteiger partial charge in [-0.05, 0) is 48.0 Å². The largest absolute Gasteiger partial charge is 0.494 e. The van der Waals surface area contributed by atoms with Crippen LogP contribution in [-0.2, 0) is 13.1 Å². The van der Waals surface area contributed by atoms with Crippen molar-refractivity contribution in [2.24, 2.45) is 4.99 Å². The lowest BCUT2D eigenvalue weighted by Gasteiger charge is -2.12. The molecule has 2 aromatic heterocycles. The van der Waals surface area contributed by atoms with Gasteiger partial charge in [0.25, 0.3) is 0 Å². The first-order valence-electron chi connectivity index (χ1n) is 9.05. The van der Waals surface area contributed by atoms with Crippen LogP contribution in [0.2, 0.25) is 0 Å². The van der Waals surface area contributed by atoms with Crippen molar-refractivity contribution >= 4 is 27.5 Å². The lowest BCUT2D eigenvalue weighted by Crippen LogP contribution is -2.36. The van der Waals surface area contributed by atoms with Crippen molar-refractivity contribution in [3.05, 3.63) is 64.5 Å². The monoisotopic (exact) mass is 429 g/mol. The number of halogens is 1. The van der Waals surface area contributed by atoms with E-state index in [0.29, 0.717) is 19.7 Å². The maximum Gasteiger partial charge on any atom is 0.191 e. The molecule has 0 bridgehead atoms. The van der Waals surface area contributed by atoms with Crippen molar-refractivity contribution in [1.82, 2.24) is 20.0 Å². The summed E-state index contributed by atoms with van der Waals surface area (Å²) >= 11 is 3.48. The van der Waals surface area contributed by atoms with Crippen LogP contribution in [0, 0.1) is 0 Å². The molecule has 2 N–H and O–H groups in total. The fourth-order valence-corrected chi connectivity index (χ4v) is 3.07. The van der Waals surface area contributed by atoms with Gasteiger partial charge in [0, 0.05) is 29.0 Å². The second-order valence-electron chi connectivity index (χ2n) is 5.93. The molecule has 7 heteroatoms. The van der Waals surface area contributed by atoms with Crippen LogP contribution in [0.3, 0.4) is 0 Å². The molecule has 0 atom stereocenters. The number of hydrogen-bond donors (Lipinski definition) is 2. The van der Waals surface area contributed by atoms with Gasteiger partial charge in [-0.3, -0.25) is 0 Å². The summed E-state index contributed by atoms with van der Waals surface area (Å²) in [5.41, 5.74) is 2.94. The Morgan fingerprint density at radius 1 is 1.15 bits per heavy atom. The summed E-state index contributed by atoms with van der Waals surface area (Å²) in [5.74, 6) is 1.63. The van der Waals surface area contributed by atoms with Gasteiger partial charge >= 0.3 is 0 Å². The number of benzene rings is 1. The molecule has 0 radical (unpaired) electrons. The molecule has 27 heavy (non-hydrogen) atoms. The number of guanidine groups is 1. The lowest BCUT2D eigenvalue weighted by atomic mass is 10.2. The van der Waals surface area contributed by atoms with Crippen LogP contribution in [0.5, 0.6) is 5.75 Å². The van der Waals surface area contributed by atoms with E-state index in [9.17, 15) is 0 Å². The van der Waals surface area contributed by atoms with Gasteiger partial charge < -0.3 is 19.8 Å². The predicted octanol–water partition coefficient (Wildman–Crippen LogP) is 3.75. The van der Waals surface area contributed by atoms with Crippen LogP contribution in [0.15, 0.2) is 58.3 Å². The van der Waals surface area contributed by atoms with Gasteiger partial charge in [0.15, 0.2) is 5.96 Å². The zero-order valence-electron chi connectivity index (χ0n) is 15.6. The van der Waals surface area contributed by atoms with E-state index >= 15 is 0 Å². The van der Waals surface area contributed by atoms with Gasteiger partial charge in [-0.15, -0.1) is 0 Å². The van der Waals surface area contributed by atoms with Gasteiger partial charge in [-0.25, -0.2) is 9.98 Å². The topological polar surface area (TPSA) is 63.0 Å². The van der Waals surface area contributed by atoms with E-state index in [4.69, 9.17) is 4.74 Å². The van der Waals surface area contributed by atoms with Crippen LogP contribution in [0.4, 0.5) is 0 Å². The molecule has 6 nitrogen and oxygen atoms in total. The Morgan fingerprint density at radius 3 is 2.81 bits per heavy atom. The van der Waals surface area contributed by atoms with Crippen molar-refractivity contribution in [2.45, 2.75) is 26.9 Å². The van der Waals surface area contributed by atoms with Gasteiger partial charge in [0.2, 0.25) is 0 Å². The molecular formula is C20H24BrN5O. The van der Waals surface area contributed by atoms with Crippen molar-refractivity contribution in [1.29, 1.82) is 0 Å². The maximum atomic E-state index is 5.68. The smallest absolute Gasteiger partial charge is 0.191 e. The number of rotatable bonds is 7. The molecule has 0 aliphatic carbocycles. The van der Waals surface area contributed by atoms with Crippen LogP contribution in [-0.4, -0.2) is 28.5 Å². The molecule has 3 rings (SSSR count). The molecule has 0 unspecified atom stereocenters. The number of aliphatic imine (C=N–C) groups is 1. The standard InChI is InChI=1S/C20H24BrN5O/c1-3-22-20(23-11-15-7-5-6-8-18(15)27-4-2)24-12-17-14-26-13-16(21)9-10-19(26)25-17/h5-10,13-14H,3-4,11-12H2,1-2H3,(H2,22,23,24). The molecule has 0 aliphatic heterocycles. The third-order valence-electron chi connectivity index (χ3n) is 3.93. The van der Waals surface area contributed by atoms with Crippen molar-refractivity contribution in [3.8, 4) is 5.75 Å². The number of nitrogens with zero attached hydrogens (tertiary/aromatic N) is 3. The number of aromatic nitrogens is 2. The van der Waals surface area contributed by atoms with Gasteiger partial charge in [0.05, 0.1) is 25.4 Å². The first-order chi connectivity index (χ1) is 13.2. The Balaban J connectivity index is 1.68. The van der Waals surface area contributed by atoms with Crippen LogP contribution >= 0.6 is 15.9 Å². The number of para-hydroxylation sites is 1. The summed E-state index contributed by atoms with van der Waals surface area (Å²) in [5, 5.41) is 6.62. The van der Waals surface area contributed by atoms with E-state index in [1.807, 2.05) is 67.0 Å². The highest BCUT2D eigenvalue weighted by Gasteiger charge is 2.05. The quantitative estimate of drug-likeness (QED) is 0.443. The third-order valence-corrected chi connectivity index (χ3v) is 4.40. The van der Waals surface area contributed by atoms with Crippen molar-refractivity contribution < 1.29 is 4.74 Å². The van der Waals surface area contributed by atoms with E-state index < -0.39 is 0 Å². The molecule has 0 amide bonds.